The van der Waals surface area contributed by atoms with Gasteiger partial charge in [-0.25, -0.2) is 4.39 Å². The van der Waals surface area contributed by atoms with Crippen molar-refractivity contribution < 1.29 is 18.8 Å². The van der Waals surface area contributed by atoms with E-state index in [0.717, 1.165) is 0 Å². The lowest BCUT2D eigenvalue weighted by molar-refractivity contribution is -0.383. The number of hydrogen-bond acceptors (Lipinski definition) is 5. The topological polar surface area (TPSA) is 98.7 Å². The number of halogens is 1. The van der Waals surface area contributed by atoms with Crippen LogP contribution >= 0.6 is 0 Å². The highest BCUT2D eigenvalue weighted by Crippen LogP contribution is 2.25. The average molecular weight is 359 g/mol. The van der Waals surface area contributed by atoms with Crippen molar-refractivity contribution >= 4 is 17.3 Å². The molecule has 0 bridgehead atoms. The van der Waals surface area contributed by atoms with Gasteiger partial charge in [-0.3, -0.25) is 14.9 Å². The van der Waals surface area contributed by atoms with Crippen LogP contribution in [0.15, 0.2) is 42.5 Å². The van der Waals surface area contributed by atoms with E-state index in [4.69, 9.17) is 10.5 Å². The van der Waals surface area contributed by atoms with Gasteiger partial charge in [-0.15, -0.1) is 0 Å². The fourth-order valence-electron chi connectivity index (χ4n) is 2.90. The van der Waals surface area contributed by atoms with E-state index in [1.807, 2.05) is 0 Å². The third-order valence-electron chi connectivity index (χ3n) is 4.32. The maximum atomic E-state index is 12.9. The summed E-state index contributed by atoms with van der Waals surface area (Å²) in [6.07, 6.45) is 1.19. The van der Waals surface area contributed by atoms with Crippen molar-refractivity contribution in [2.45, 2.75) is 18.9 Å². The zero-order chi connectivity index (χ0) is 18.7. The van der Waals surface area contributed by atoms with Crippen LogP contribution in [0.2, 0.25) is 0 Å². The zero-order valence-electron chi connectivity index (χ0n) is 13.9. The van der Waals surface area contributed by atoms with E-state index in [-0.39, 0.29) is 34.8 Å². The molecule has 26 heavy (non-hydrogen) atoms. The Balaban J connectivity index is 1.61. The Kier molecular flexibility index (Phi) is 5.01. The highest BCUT2D eigenvalue weighted by Gasteiger charge is 2.26. The van der Waals surface area contributed by atoms with Gasteiger partial charge in [0.05, 0.1) is 4.92 Å². The first-order valence-corrected chi connectivity index (χ1v) is 8.19. The number of piperidine rings is 1. The first kappa shape index (κ1) is 17.7. The summed E-state index contributed by atoms with van der Waals surface area (Å²) >= 11 is 0. The molecule has 7 nitrogen and oxygen atoms in total. The monoisotopic (exact) mass is 359 g/mol. The normalized spacial score (nSPS) is 14.9. The van der Waals surface area contributed by atoms with Gasteiger partial charge in [-0.1, -0.05) is 0 Å². The molecule has 0 radical (unpaired) electrons. The maximum Gasteiger partial charge on any atom is 0.292 e. The molecule has 2 aromatic rings. The van der Waals surface area contributed by atoms with E-state index < -0.39 is 4.92 Å². The van der Waals surface area contributed by atoms with Gasteiger partial charge in [0, 0.05) is 37.6 Å². The van der Waals surface area contributed by atoms with Crippen LogP contribution in [0.5, 0.6) is 5.75 Å². The second-order valence-corrected chi connectivity index (χ2v) is 6.09. The van der Waals surface area contributed by atoms with Crippen LogP contribution < -0.4 is 10.5 Å². The van der Waals surface area contributed by atoms with E-state index >= 15 is 0 Å². The Morgan fingerprint density at radius 3 is 2.46 bits per heavy atom. The molecule has 0 aliphatic carbocycles. The number of anilines is 1. The summed E-state index contributed by atoms with van der Waals surface area (Å²) in [6.45, 7) is 0.950. The summed E-state index contributed by atoms with van der Waals surface area (Å²) in [5, 5.41) is 11.0. The summed E-state index contributed by atoms with van der Waals surface area (Å²) in [4.78, 5) is 24.6. The number of ether oxygens (including phenoxy) is 1. The molecule has 0 unspecified atom stereocenters. The van der Waals surface area contributed by atoms with Crippen molar-refractivity contribution in [3.8, 4) is 5.75 Å². The lowest BCUT2D eigenvalue weighted by Gasteiger charge is -2.32. The van der Waals surface area contributed by atoms with E-state index in [2.05, 4.69) is 0 Å². The largest absolute Gasteiger partial charge is 0.490 e. The molecule has 0 spiro atoms. The summed E-state index contributed by atoms with van der Waals surface area (Å²) in [7, 11) is 0. The molecule has 2 aromatic carbocycles. The quantitative estimate of drug-likeness (QED) is 0.514. The Hall–Kier alpha value is -3.16. The molecule has 0 aromatic heterocycles. The molecule has 8 heteroatoms. The lowest BCUT2D eigenvalue weighted by Crippen LogP contribution is -2.41. The summed E-state index contributed by atoms with van der Waals surface area (Å²) < 4.78 is 18.7. The predicted molar refractivity (Wildman–Crippen MR) is 93.5 cm³/mol. The van der Waals surface area contributed by atoms with E-state index in [1.54, 1.807) is 17.0 Å². The first-order chi connectivity index (χ1) is 12.4. The van der Waals surface area contributed by atoms with Gasteiger partial charge in [0.1, 0.15) is 23.4 Å². The molecular formula is C18H18FN3O4. The molecule has 1 saturated heterocycles. The number of nitro groups is 1. The van der Waals surface area contributed by atoms with Crippen molar-refractivity contribution in [1.29, 1.82) is 0 Å². The van der Waals surface area contributed by atoms with Gasteiger partial charge in [0.15, 0.2) is 0 Å². The summed E-state index contributed by atoms with van der Waals surface area (Å²) in [5.41, 5.74) is 5.56. The number of rotatable bonds is 4. The Morgan fingerprint density at radius 2 is 1.85 bits per heavy atom. The summed E-state index contributed by atoms with van der Waals surface area (Å²) in [5.74, 6) is -0.00553. The number of nitrogen functional groups attached to an aromatic ring is 1. The van der Waals surface area contributed by atoms with E-state index in [9.17, 15) is 19.3 Å². The van der Waals surface area contributed by atoms with Gasteiger partial charge < -0.3 is 15.4 Å². The second-order valence-electron chi connectivity index (χ2n) is 6.09. The number of hydrogen-bond donors (Lipinski definition) is 1. The number of carbonyl (C=O) groups is 1. The van der Waals surface area contributed by atoms with Gasteiger partial charge >= 0.3 is 0 Å². The molecular weight excluding hydrogens is 341 g/mol. The van der Waals surface area contributed by atoms with Crippen LogP contribution in [-0.4, -0.2) is 34.9 Å². The third kappa shape index (κ3) is 3.90. The Morgan fingerprint density at radius 1 is 1.19 bits per heavy atom. The van der Waals surface area contributed by atoms with Crippen LogP contribution in [0.4, 0.5) is 15.8 Å². The molecule has 3 rings (SSSR count). The fraction of sp³-hybridized carbons (Fsp3) is 0.278. The Bertz CT molecular complexity index is 818. The molecule has 0 atom stereocenters. The standard InChI is InChI=1S/C18H18FN3O4/c19-13-2-4-14(5-3-13)26-15-7-9-21(10-8-15)18(23)12-1-6-16(20)17(11-12)22(24)25/h1-6,11,15H,7-10,20H2. The lowest BCUT2D eigenvalue weighted by atomic mass is 10.1. The molecule has 1 amide bonds. The van der Waals surface area contributed by atoms with Gasteiger partial charge in [-0.2, -0.15) is 0 Å². The number of amides is 1. The van der Waals surface area contributed by atoms with Crippen molar-refractivity contribution in [3.05, 3.63) is 64.0 Å². The van der Waals surface area contributed by atoms with Crippen LogP contribution in [0.25, 0.3) is 0 Å². The van der Waals surface area contributed by atoms with E-state index in [0.29, 0.717) is 31.7 Å². The predicted octanol–water partition coefficient (Wildman–Crippen LogP) is 3.00. The number of nitrogens with two attached hydrogens (primary N) is 1. The molecule has 1 heterocycles. The minimum Gasteiger partial charge on any atom is -0.490 e. The van der Waals surface area contributed by atoms with Crippen LogP contribution in [0.3, 0.4) is 0 Å². The van der Waals surface area contributed by atoms with Crippen LogP contribution in [-0.2, 0) is 0 Å². The summed E-state index contributed by atoms with van der Waals surface area (Å²) in [6, 6.07) is 9.88. The number of benzene rings is 2. The second kappa shape index (κ2) is 7.38. The number of carbonyl (C=O) groups excluding carboxylic acids is 1. The number of likely N-dealkylation sites (tertiary alicyclic amines) is 1. The third-order valence-corrected chi connectivity index (χ3v) is 4.32. The highest BCUT2D eigenvalue weighted by atomic mass is 19.1. The molecule has 1 aliphatic heterocycles. The van der Waals surface area contributed by atoms with Gasteiger partial charge in [-0.05, 0) is 36.4 Å². The molecule has 1 fully saturated rings. The van der Waals surface area contributed by atoms with Gasteiger partial charge in [0.2, 0.25) is 0 Å². The van der Waals surface area contributed by atoms with Crippen LogP contribution in [0.1, 0.15) is 23.2 Å². The van der Waals surface area contributed by atoms with Gasteiger partial charge in [0.25, 0.3) is 11.6 Å². The maximum absolute atomic E-state index is 12.9. The van der Waals surface area contributed by atoms with Crippen LogP contribution in [0, 0.1) is 15.9 Å². The minimum absolute atomic E-state index is 0.0259. The van der Waals surface area contributed by atoms with Crippen molar-refractivity contribution in [2.24, 2.45) is 0 Å². The fourth-order valence-corrected chi connectivity index (χ4v) is 2.90. The van der Waals surface area contributed by atoms with Crippen molar-refractivity contribution in [1.82, 2.24) is 4.90 Å². The number of nitro benzene ring substituents is 1. The molecule has 0 saturated carbocycles. The molecule has 2 N–H and O–H groups in total. The van der Waals surface area contributed by atoms with Crippen molar-refractivity contribution in [2.75, 3.05) is 18.8 Å². The number of nitrogens with zero attached hydrogens (tertiary/aromatic N) is 2. The van der Waals surface area contributed by atoms with Crippen molar-refractivity contribution in [3.63, 3.8) is 0 Å². The SMILES string of the molecule is Nc1ccc(C(=O)N2CCC(Oc3ccc(F)cc3)CC2)cc1[N+](=O)[O-]. The smallest absolute Gasteiger partial charge is 0.292 e. The Labute approximate surface area is 149 Å². The molecule has 136 valence electrons. The zero-order valence-corrected chi connectivity index (χ0v) is 13.9. The van der Waals surface area contributed by atoms with E-state index in [1.165, 1.54) is 30.3 Å². The molecule has 1 aliphatic rings. The highest BCUT2D eigenvalue weighted by molar-refractivity contribution is 5.95. The minimum atomic E-state index is -0.602. The average Bonchev–Trinajstić information content (AvgIpc) is 2.64. The first-order valence-electron chi connectivity index (χ1n) is 8.19.